The van der Waals surface area contributed by atoms with Gasteiger partial charge in [0.25, 0.3) is 0 Å². The summed E-state index contributed by atoms with van der Waals surface area (Å²) in [4.78, 5) is 15.6. The van der Waals surface area contributed by atoms with Crippen LogP contribution in [0.25, 0.3) is 10.2 Å². The van der Waals surface area contributed by atoms with Gasteiger partial charge >= 0.3 is 0 Å². The number of amides is 1. The van der Waals surface area contributed by atoms with E-state index < -0.39 is 0 Å². The van der Waals surface area contributed by atoms with E-state index in [1.54, 1.807) is 7.11 Å². The van der Waals surface area contributed by atoms with E-state index in [2.05, 4.69) is 4.99 Å². The van der Waals surface area contributed by atoms with Crippen LogP contribution in [0.15, 0.2) is 23.2 Å². The number of aryl methyl sites for hydroxylation is 1. The number of hydrogen-bond donors (Lipinski definition) is 0. The number of carbonyl (C=O) groups excluding carboxylic acids is 1. The molecule has 0 spiro atoms. The number of thiazole rings is 1. The van der Waals surface area contributed by atoms with Gasteiger partial charge in [0.1, 0.15) is 5.75 Å². The minimum atomic E-state index is -0.186. The van der Waals surface area contributed by atoms with Gasteiger partial charge in [0.05, 0.1) is 17.3 Å². The Kier molecular flexibility index (Phi) is 2.78. The molecule has 2 rings (SSSR count). The molecule has 2 aromatic rings. The van der Waals surface area contributed by atoms with Gasteiger partial charge in [-0.05, 0) is 18.2 Å². The van der Waals surface area contributed by atoms with Gasteiger partial charge in [0.2, 0.25) is 5.91 Å². The van der Waals surface area contributed by atoms with Crippen LogP contribution in [-0.4, -0.2) is 17.6 Å². The van der Waals surface area contributed by atoms with Crippen LogP contribution in [-0.2, 0) is 11.8 Å². The van der Waals surface area contributed by atoms with E-state index in [4.69, 9.17) is 4.74 Å². The first-order valence-corrected chi connectivity index (χ1v) is 5.62. The van der Waals surface area contributed by atoms with Crippen LogP contribution < -0.4 is 9.54 Å². The summed E-state index contributed by atoms with van der Waals surface area (Å²) in [7, 11) is 3.53. The highest BCUT2D eigenvalue weighted by molar-refractivity contribution is 7.16. The van der Waals surface area contributed by atoms with E-state index >= 15 is 0 Å². The molecule has 0 aliphatic rings. The molecule has 1 amide bonds. The summed E-state index contributed by atoms with van der Waals surface area (Å²) >= 11 is 1.48. The summed E-state index contributed by atoms with van der Waals surface area (Å²) in [5, 5.41) is 0. The van der Waals surface area contributed by atoms with Gasteiger partial charge in [0, 0.05) is 14.0 Å². The van der Waals surface area contributed by atoms with Crippen LogP contribution in [0.5, 0.6) is 5.75 Å². The van der Waals surface area contributed by atoms with Crippen molar-refractivity contribution in [3.8, 4) is 5.75 Å². The Bertz CT molecular complexity index is 610. The minimum absolute atomic E-state index is 0.186. The molecule has 0 saturated carbocycles. The second-order valence-corrected chi connectivity index (χ2v) is 4.42. The largest absolute Gasteiger partial charge is 0.497 e. The van der Waals surface area contributed by atoms with Gasteiger partial charge in [0.15, 0.2) is 4.80 Å². The maximum Gasteiger partial charge on any atom is 0.245 e. The van der Waals surface area contributed by atoms with Crippen molar-refractivity contribution < 1.29 is 9.53 Å². The third kappa shape index (κ3) is 1.86. The molecule has 1 aromatic carbocycles. The van der Waals surface area contributed by atoms with Gasteiger partial charge in [-0.1, -0.05) is 11.3 Å². The predicted octanol–water partition coefficient (Wildman–Crippen LogP) is 1.70. The van der Waals surface area contributed by atoms with E-state index in [0.29, 0.717) is 4.80 Å². The van der Waals surface area contributed by atoms with Crippen LogP contribution >= 0.6 is 11.3 Å². The molecule has 1 heterocycles. The molecule has 0 aliphatic carbocycles. The second kappa shape index (κ2) is 4.09. The summed E-state index contributed by atoms with van der Waals surface area (Å²) in [5.74, 6) is 0.623. The summed E-state index contributed by atoms with van der Waals surface area (Å²) in [6.07, 6.45) is 0. The summed E-state index contributed by atoms with van der Waals surface area (Å²) in [6, 6.07) is 5.80. The molecule has 0 fully saturated rings. The third-order valence-electron chi connectivity index (χ3n) is 2.27. The Morgan fingerprint density at radius 1 is 1.50 bits per heavy atom. The number of fused-ring (bicyclic) bond motifs is 1. The van der Waals surface area contributed by atoms with Gasteiger partial charge in [-0.25, -0.2) is 0 Å². The molecule has 1 aromatic heterocycles. The first-order chi connectivity index (χ1) is 7.61. The van der Waals surface area contributed by atoms with Crippen molar-refractivity contribution in [1.29, 1.82) is 0 Å². The number of rotatable bonds is 1. The highest BCUT2D eigenvalue weighted by atomic mass is 32.1. The molecular weight excluding hydrogens is 224 g/mol. The summed E-state index contributed by atoms with van der Waals surface area (Å²) in [5.41, 5.74) is 1.05. The lowest BCUT2D eigenvalue weighted by molar-refractivity contribution is -0.116. The molecule has 0 radical (unpaired) electrons. The smallest absolute Gasteiger partial charge is 0.245 e. The molecule has 84 valence electrons. The Hall–Kier alpha value is -1.62. The molecule has 0 atom stereocenters. The summed E-state index contributed by atoms with van der Waals surface area (Å²) in [6.45, 7) is 1.45. The maximum absolute atomic E-state index is 11.0. The van der Waals surface area contributed by atoms with Crippen LogP contribution in [0.1, 0.15) is 6.92 Å². The van der Waals surface area contributed by atoms with Crippen LogP contribution in [0.2, 0.25) is 0 Å². The quantitative estimate of drug-likeness (QED) is 0.756. The van der Waals surface area contributed by atoms with Crippen LogP contribution in [0, 0.1) is 0 Å². The van der Waals surface area contributed by atoms with E-state index in [0.717, 1.165) is 16.0 Å². The van der Waals surface area contributed by atoms with Gasteiger partial charge in [-0.3, -0.25) is 4.79 Å². The van der Waals surface area contributed by atoms with Crippen LogP contribution in [0.4, 0.5) is 0 Å². The zero-order valence-corrected chi connectivity index (χ0v) is 10.2. The molecule has 4 nitrogen and oxygen atoms in total. The zero-order chi connectivity index (χ0) is 11.7. The Labute approximate surface area is 96.8 Å². The number of hydrogen-bond acceptors (Lipinski definition) is 3. The highest BCUT2D eigenvalue weighted by Crippen LogP contribution is 2.22. The SMILES string of the molecule is COc1ccc2c(c1)sc(=NC(C)=O)n2C. The fourth-order valence-corrected chi connectivity index (χ4v) is 2.57. The maximum atomic E-state index is 11.0. The first kappa shape index (κ1) is 10.9. The fourth-order valence-electron chi connectivity index (χ4n) is 1.48. The lowest BCUT2D eigenvalue weighted by atomic mass is 10.3. The van der Waals surface area contributed by atoms with Crippen molar-refractivity contribution in [3.05, 3.63) is 23.0 Å². The highest BCUT2D eigenvalue weighted by Gasteiger charge is 2.04. The van der Waals surface area contributed by atoms with E-state index in [1.165, 1.54) is 18.3 Å². The summed E-state index contributed by atoms with van der Waals surface area (Å²) < 4.78 is 8.11. The van der Waals surface area contributed by atoms with Crippen molar-refractivity contribution in [2.75, 3.05) is 7.11 Å². The van der Waals surface area contributed by atoms with Gasteiger partial charge < -0.3 is 9.30 Å². The number of nitrogens with zero attached hydrogens (tertiary/aromatic N) is 2. The van der Waals surface area contributed by atoms with Crippen molar-refractivity contribution in [2.45, 2.75) is 6.92 Å². The number of methoxy groups -OCH3 is 1. The third-order valence-corrected chi connectivity index (χ3v) is 3.36. The molecule has 0 N–H and O–H groups in total. The van der Waals surface area contributed by atoms with Crippen LogP contribution in [0.3, 0.4) is 0 Å². The van der Waals surface area contributed by atoms with Crippen molar-refractivity contribution in [2.24, 2.45) is 12.0 Å². The van der Waals surface area contributed by atoms with E-state index in [9.17, 15) is 4.79 Å². The monoisotopic (exact) mass is 236 g/mol. The minimum Gasteiger partial charge on any atom is -0.497 e. The van der Waals surface area contributed by atoms with Gasteiger partial charge in [-0.15, -0.1) is 0 Å². The number of benzene rings is 1. The van der Waals surface area contributed by atoms with Crippen molar-refractivity contribution in [3.63, 3.8) is 0 Å². The lowest BCUT2D eigenvalue weighted by Gasteiger charge is -1.99. The normalized spacial score (nSPS) is 12.1. The number of ether oxygens (including phenoxy) is 1. The van der Waals surface area contributed by atoms with Crippen molar-refractivity contribution in [1.82, 2.24) is 4.57 Å². The van der Waals surface area contributed by atoms with E-state index in [-0.39, 0.29) is 5.91 Å². The Balaban J connectivity index is 2.72. The molecule has 0 aliphatic heterocycles. The standard InChI is InChI=1S/C11H12N2O2S/c1-7(14)12-11-13(2)9-5-4-8(15-3)6-10(9)16-11/h4-6H,1-3H3. The zero-order valence-electron chi connectivity index (χ0n) is 9.35. The lowest BCUT2D eigenvalue weighted by Crippen LogP contribution is -2.11. The average Bonchev–Trinajstić information content (AvgIpc) is 2.54. The van der Waals surface area contributed by atoms with Crippen molar-refractivity contribution >= 4 is 27.5 Å². The number of aromatic nitrogens is 1. The topological polar surface area (TPSA) is 43.6 Å². The molecular formula is C11H12N2O2S. The average molecular weight is 236 g/mol. The second-order valence-electron chi connectivity index (χ2n) is 3.41. The molecule has 0 unspecified atom stereocenters. The fraction of sp³-hybridized carbons (Fsp3) is 0.273. The Morgan fingerprint density at radius 3 is 2.88 bits per heavy atom. The Morgan fingerprint density at radius 2 is 2.25 bits per heavy atom. The number of carbonyl (C=O) groups is 1. The van der Waals surface area contributed by atoms with E-state index in [1.807, 2.05) is 29.8 Å². The first-order valence-electron chi connectivity index (χ1n) is 4.80. The predicted molar refractivity (Wildman–Crippen MR) is 63.6 cm³/mol. The molecule has 5 heteroatoms. The molecule has 0 bridgehead atoms. The van der Waals surface area contributed by atoms with Gasteiger partial charge in [-0.2, -0.15) is 4.99 Å². The molecule has 0 saturated heterocycles. The molecule has 16 heavy (non-hydrogen) atoms.